The number of hydrogen-bond acceptors (Lipinski definition) is 4. The molecular formula is C15H25N3O. The molecule has 0 atom stereocenters. The van der Waals surface area contributed by atoms with Crippen molar-refractivity contribution in [3.05, 3.63) is 17.8 Å². The van der Waals surface area contributed by atoms with Crippen LogP contribution in [0.4, 0.5) is 0 Å². The van der Waals surface area contributed by atoms with Crippen LogP contribution in [0.2, 0.25) is 0 Å². The molecule has 1 fully saturated rings. The lowest BCUT2D eigenvalue weighted by Gasteiger charge is -2.24. The summed E-state index contributed by atoms with van der Waals surface area (Å²) in [5.74, 6) is 2.18. The molecule has 1 aliphatic rings. The van der Waals surface area contributed by atoms with Crippen molar-refractivity contribution >= 4 is 0 Å². The molecule has 1 aromatic rings. The van der Waals surface area contributed by atoms with Crippen LogP contribution < -0.4 is 10.1 Å². The summed E-state index contributed by atoms with van der Waals surface area (Å²) in [4.78, 5) is 0. The van der Waals surface area contributed by atoms with Crippen LogP contribution in [0.25, 0.3) is 0 Å². The van der Waals surface area contributed by atoms with E-state index in [1.165, 1.54) is 19.3 Å². The average Bonchev–Trinajstić information content (AvgIpc) is 2.34. The Morgan fingerprint density at radius 2 is 2.16 bits per heavy atom. The fraction of sp³-hybridized carbons (Fsp3) is 0.733. The van der Waals surface area contributed by atoms with Gasteiger partial charge in [-0.25, -0.2) is 0 Å². The molecule has 0 unspecified atom stereocenters. The normalized spacial score (nSPS) is 15.5. The van der Waals surface area contributed by atoms with E-state index in [2.05, 4.69) is 29.4 Å². The highest BCUT2D eigenvalue weighted by atomic mass is 16.5. The second-order valence-corrected chi connectivity index (χ2v) is 5.82. The Labute approximate surface area is 116 Å². The van der Waals surface area contributed by atoms with Gasteiger partial charge in [-0.1, -0.05) is 33.1 Å². The van der Waals surface area contributed by atoms with E-state index in [4.69, 9.17) is 4.74 Å². The minimum Gasteiger partial charge on any atom is -0.477 e. The molecule has 0 bridgehead atoms. The standard InChI is InChI=1S/C15H25N3O/c1-12(2)10-16-11-14-6-7-15(18-17-14)19-9-8-13-4-3-5-13/h6-7,12-13,16H,3-5,8-11H2,1-2H3. The quantitative estimate of drug-likeness (QED) is 0.783. The minimum absolute atomic E-state index is 0.645. The van der Waals surface area contributed by atoms with Crippen LogP contribution in [0.15, 0.2) is 12.1 Å². The Kier molecular flexibility index (Phi) is 5.58. The monoisotopic (exact) mass is 263 g/mol. The van der Waals surface area contributed by atoms with Crippen molar-refractivity contribution < 1.29 is 4.74 Å². The van der Waals surface area contributed by atoms with Crippen molar-refractivity contribution in [1.29, 1.82) is 0 Å². The minimum atomic E-state index is 0.645. The van der Waals surface area contributed by atoms with Gasteiger partial charge in [0.25, 0.3) is 0 Å². The first-order valence-electron chi connectivity index (χ1n) is 7.40. The van der Waals surface area contributed by atoms with Crippen molar-refractivity contribution in [1.82, 2.24) is 15.5 Å². The van der Waals surface area contributed by atoms with Gasteiger partial charge in [0.05, 0.1) is 12.3 Å². The largest absolute Gasteiger partial charge is 0.477 e. The Morgan fingerprint density at radius 1 is 1.32 bits per heavy atom. The maximum Gasteiger partial charge on any atom is 0.233 e. The maximum atomic E-state index is 5.62. The lowest BCUT2D eigenvalue weighted by molar-refractivity contribution is 0.216. The Balaban J connectivity index is 1.65. The first-order chi connectivity index (χ1) is 9.24. The zero-order chi connectivity index (χ0) is 13.5. The highest BCUT2D eigenvalue weighted by molar-refractivity contribution is 5.11. The third kappa shape index (κ3) is 5.15. The fourth-order valence-electron chi connectivity index (χ4n) is 2.12. The molecule has 1 N–H and O–H groups in total. The molecule has 0 radical (unpaired) electrons. The zero-order valence-electron chi connectivity index (χ0n) is 12.1. The van der Waals surface area contributed by atoms with Gasteiger partial charge in [0, 0.05) is 12.6 Å². The number of rotatable bonds is 8. The lowest BCUT2D eigenvalue weighted by atomic mass is 9.83. The molecule has 1 saturated carbocycles. The molecule has 0 aliphatic heterocycles. The van der Waals surface area contributed by atoms with E-state index in [0.717, 1.165) is 37.7 Å². The maximum absolute atomic E-state index is 5.62. The summed E-state index contributed by atoms with van der Waals surface area (Å²) in [5, 5.41) is 11.6. The molecule has 19 heavy (non-hydrogen) atoms. The first kappa shape index (κ1) is 14.3. The summed E-state index contributed by atoms with van der Waals surface area (Å²) in [5.41, 5.74) is 0.965. The molecule has 0 aromatic carbocycles. The number of ether oxygens (including phenoxy) is 1. The molecular weight excluding hydrogens is 238 g/mol. The molecule has 1 aliphatic carbocycles. The van der Waals surface area contributed by atoms with Gasteiger partial charge in [-0.3, -0.25) is 0 Å². The van der Waals surface area contributed by atoms with Gasteiger partial charge >= 0.3 is 0 Å². The van der Waals surface area contributed by atoms with Gasteiger partial charge in [0.2, 0.25) is 5.88 Å². The van der Waals surface area contributed by atoms with Crippen LogP contribution in [0, 0.1) is 11.8 Å². The number of nitrogens with one attached hydrogen (secondary N) is 1. The third-order valence-corrected chi connectivity index (χ3v) is 3.55. The van der Waals surface area contributed by atoms with Gasteiger partial charge in [0.15, 0.2) is 0 Å². The number of hydrogen-bond donors (Lipinski definition) is 1. The van der Waals surface area contributed by atoms with E-state index >= 15 is 0 Å². The summed E-state index contributed by atoms with van der Waals surface area (Å²) in [7, 11) is 0. The van der Waals surface area contributed by atoms with E-state index < -0.39 is 0 Å². The summed E-state index contributed by atoms with van der Waals surface area (Å²) in [6.07, 6.45) is 5.28. The van der Waals surface area contributed by atoms with E-state index in [-0.39, 0.29) is 0 Å². The zero-order valence-corrected chi connectivity index (χ0v) is 12.1. The Hall–Kier alpha value is -1.16. The topological polar surface area (TPSA) is 47.0 Å². The SMILES string of the molecule is CC(C)CNCc1ccc(OCCC2CCC2)nn1. The van der Waals surface area contributed by atoms with Crippen molar-refractivity contribution in [2.24, 2.45) is 11.8 Å². The van der Waals surface area contributed by atoms with Gasteiger partial charge in [-0.05, 0) is 30.9 Å². The van der Waals surface area contributed by atoms with Gasteiger partial charge in [0.1, 0.15) is 0 Å². The number of aromatic nitrogens is 2. The Bertz CT molecular complexity index is 360. The third-order valence-electron chi connectivity index (χ3n) is 3.55. The summed E-state index contributed by atoms with van der Waals surface area (Å²) >= 11 is 0. The predicted molar refractivity (Wildman–Crippen MR) is 76.0 cm³/mol. The fourth-order valence-corrected chi connectivity index (χ4v) is 2.12. The number of nitrogens with zero attached hydrogens (tertiary/aromatic N) is 2. The van der Waals surface area contributed by atoms with Crippen LogP contribution in [0.5, 0.6) is 5.88 Å². The molecule has 1 heterocycles. The van der Waals surface area contributed by atoms with Crippen LogP contribution in [0.3, 0.4) is 0 Å². The predicted octanol–water partition coefficient (Wildman–Crippen LogP) is 2.79. The van der Waals surface area contributed by atoms with Crippen molar-refractivity contribution in [2.75, 3.05) is 13.2 Å². The molecule has 1 aromatic heterocycles. The molecule has 4 heteroatoms. The molecule has 106 valence electrons. The summed E-state index contributed by atoms with van der Waals surface area (Å²) < 4.78 is 5.62. The molecule has 0 amide bonds. The smallest absolute Gasteiger partial charge is 0.233 e. The molecule has 0 spiro atoms. The Morgan fingerprint density at radius 3 is 2.74 bits per heavy atom. The molecule has 2 rings (SSSR count). The molecule has 4 nitrogen and oxygen atoms in total. The van der Waals surface area contributed by atoms with Crippen LogP contribution in [-0.4, -0.2) is 23.3 Å². The van der Waals surface area contributed by atoms with Gasteiger partial charge in [-0.2, -0.15) is 5.10 Å². The van der Waals surface area contributed by atoms with Crippen LogP contribution in [-0.2, 0) is 6.54 Å². The average molecular weight is 263 g/mol. The second kappa shape index (κ2) is 7.43. The molecule has 0 saturated heterocycles. The first-order valence-corrected chi connectivity index (χ1v) is 7.40. The highest BCUT2D eigenvalue weighted by Crippen LogP contribution is 2.29. The van der Waals surface area contributed by atoms with Crippen molar-refractivity contribution in [3.8, 4) is 5.88 Å². The van der Waals surface area contributed by atoms with E-state index in [0.29, 0.717) is 11.8 Å². The van der Waals surface area contributed by atoms with E-state index in [9.17, 15) is 0 Å². The van der Waals surface area contributed by atoms with E-state index in [1.807, 2.05) is 12.1 Å². The van der Waals surface area contributed by atoms with E-state index in [1.54, 1.807) is 0 Å². The lowest BCUT2D eigenvalue weighted by Crippen LogP contribution is -2.20. The van der Waals surface area contributed by atoms with Crippen molar-refractivity contribution in [2.45, 2.75) is 46.1 Å². The van der Waals surface area contributed by atoms with Crippen LogP contribution >= 0.6 is 0 Å². The second-order valence-electron chi connectivity index (χ2n) is 5.82. The van der Waals surface area contributed by atoms with Crippen LogP contribution in [0.1, 0.15) is 45.2 Å². The van der Waals surface area contributed by atoms with Gasteiger partial charge < -0.3 is 10.1 Å². The highest BCUT2D eigenvalue weighted by Gasteiger charge is 2.16. The summed E-state index contributed by atoms with van der Waals surface area (Å²) in [6.45, 7) is 6.93. The summed E-state index contributed by atoms with van der Waals surface area (Å²) in [6, 6.07) is 3.90. The van der Waals surface area contributed by atoms with Crippen molar-refractivity contribution in [3.63, 3.8) is 0 Å². The van der Waals surface area contributed by atoms with Gasteiger partial charge in [-0.15, -0.1) is 5.10 Å².